The third kappa shape index (κ3) is 20.1. The number of likely N-dealkylation sites (tertiary alicyclic amines) is 3. The molecule has 3 fully saturated rings. The lowest BCUT2D eigenvalue weighted by molar-refractivity contribution is -0.384. The quantitative estimate of drug-likeness (QED) is 0.0159. The molecule has 3 aliphatic heterocycles. The summed E-state index contributed by atoms with van der Waals surface area (Å²) in [5.41, 5.74) is 9.98. The van der Waals surface area contributed by atoms with Crippen LogP contribution in [0.4, 0.5) is 5.69 Å². The van der Waals surface area contributed by atoms with Gasteiger partial charge in [-0.3, -0.25) is 20.1 Å². The van der Waals surface area contributed by atoms with Crippen molar-refractivity contribution >= 4 is 76.0 Å². The van der Waals surface area contributed by atoms with E-state index < -0.39 is 37.6 Å². The summed E-state index contributed by atoms with van der Waals surface area (Å²) >= 11 is 0. The molecule has 80 heavy (non-hydrogen) atoms. The number of amides is 1. The molecule has 9 rings (SSSR count). The van der Waals surface area contributed by atoms with Crippen molar-refractivity contribution in [2.24, 2.45) is 0 Å². The highest BCUT2D eigenvalue weighted by atomic mass is 31.2. The molecule has 6 aromatic rings. The molecule has 25 nitrogen and oxygen atoms in total. The summed E-state index contributed by atoms with van der Waals surface area (Å²) in [5.74, 6) is -4.85. The van der Waals surface area contributed by atoms with Crippen molar-refractivity contribution in [1.82, 2.24) is 35.1 Å². The topological polar surface area (TPSA) is 400 Å². The summed E-state index contributed by atoms with van der Waals surface area (Å²) < 4.78 is 8.88. The van der Waals surface area contributed by atoms with Crippen LogP contribution in [0.1, 0.15) is 117 Å². The molecule has 3 saturated heterocycles. The number of nitrogens with one attached hydrogen (secondary N) is 4. The Balaban J connectivity index is 0.000000223. The van der Waals surface area contributed by atoms with Crippen LogP contribution in [0.5, 0.6) is 0 Å². The molecule has 0 unspecified atom stereocenters. The van der Waals surface area contributed by atoms with Gasteiger partial charge in [-0.2, -0.15) is 5.26 Å². The number of aromatic amines is 3. The van der Waals surface area contributed by atoms with E-state index in [0.29, 0.717) is 41.5 Å². The highest BCUT2D eigenvalue weighted by Gasteiger charge is 2.26. The van der Waals surface area contributed by atoms with Gasteiger partial charge in [-0.05, 0) is 170 Å². The first kappa shape index (κ1) is 64.7. The third-order valence-corrected chi connectivity index (χ3v) is 14.0. The summed E-state index contributed by atoms with van der Waals surface area (Å²) in [4.78, 5) is 98.1. The lowest BCUT2D eigenvalue weighted by atomic mass is 9.89. The van der Waals surface area contributed by atoms with Crippen molar-refractivity contribution in [2.45, 2.75) is 90.0 Å². The first-order chi connectivity index (χ1) is 37.9. The van der Waals surface area contributed by atoms with Crippen LogP contribution in [-0.4, -0.2) is 163 Å². The van der Waals surface area contributed by atoms with Crippen LogP contribution in [0.2, 0.25) is 0 Å². The normalized spacial score (nSPS) is 15.6. The molecule has 1 amide bonds. The average molecular weight is 1130 g/mol. The Morgan fingerprint density at radius 3 is 1.40 bits per heavy atom. The zero-order valence-electron chi connectivity index (χ0n) is 44.8. The lowest BCUT2D eigenvalue weighted by Gasteiger charge is -2.34. The number of nitriles is 1. The highest BCUT2D eigenvalue weighted by Crippen LogP contribution is 2.37. The van der Waals surface area contributed by atoms with Gasteiger partial charge < -0.3 is 64.8 Å². The van der Waals surface area contributed by atoms with Crippen molar-refractivity contribution in [1.29, 1.82) is 5.26 Å². The standard InChI is InChI=1S/2C16H21N3O2.C16H19N3.C4H4O4.C2H2O4.H3O4P/c1-11(2)18-7-5-12(6-8-18)15-10-17-16-9-13(19(20)21)3-4-14(15)16;1-2-19-7-5-11(6-8-19)14-10-17-15-9-12(16(20)18-21)3-4-13(14)15;1-2-19-7-5-13(6-8-19)15-11-18-16-9-12(10-17)3-4-14(15)16;5-3(6)1-2-4(7)8;3-1(4)2(5)6;1-5(2,3)4/h3-4,9-12,17H,5-8H2,1-2H3;3-4,9-11,17,21H,2,5-8H2,1H3,(H,18,20);3-4,9,11,13,18H,2,5-8H2,1H3;1-2H,(H,5,6)(H,7,8);(H,3,4)(H,5,6);(H3,1,2,3,4)/b;;;2-1-;;. The molecule has 3 aliphatic rings. The molecule has 432 valence electrons. The molecule has 12 N–H and O–H groups in total. The number of hydrogen-bond donors (Lipinski definition) is 12. The lowest BCUT2D eigenvalue weighted by Crippen LogP contribution is -2.37. The van der Waals surface area contributed by atoms with E-state index in [2.05, 4.69) is 81.9 Å². The number of hydroxylamine groups is 1. The molecule has 0 bridgehead atoms. The number of carboxylic acids is 4. The zero-order valence-corrected chi connectivity index (χ0v) is 45.7. The van der Waals surface area contributed by atoms with Crippen LogP contribution in [-0.2, 0) is 23.7 Å². The number of fused-ring (bicyclic) bond motifs is 3. The Kier molecular flexibility index (Phi) is 25.2. The van der Waals surface area contributed by atoms with Gasteiger partial charge in [0.2, 0.25) is 0 Å². The van der Waals surface area contributed by atoms with E-state index in [0.717, 1.165) is 79.6 Å². The minimum absolute atomic E-state index is 0.144. The minimum Gasteiger partial charge on any atom is -0.478 e. The molecule has 0 radical (unpaired) electrons. The van der Waals surface area contributed by atoms with E-state index in [1.807, 2.05) is 30.5 Å². The van der Waals surface area contributed by atoms with Gasteiger partial charge in [0, 0.05) is 81.7 Å². The molecular formula is C54H70N9O16P. The van der Waals surface area contributed by atoms with E-state index in [1.165, 1.54) is 66.2 Å². The number of carboxylic acid groups (broad SMARTS) is 4. The highest BCUT2D eigenvalue weighted by molar-refractivity contribution is 7.45. The van der Waals surface area contributed by atoms with Gasteiger partial charge in [0.1, 0.15) is 0 Å². The van der Waals surface area contributed by atoms with Gasteiger partial charge in [-0.15, -0.1) is 0 Å². The van der Waals surface area contributed by atoms with E-state index in [-0.39, 0.29) is 10.6 Å². The fourth-order valence-electron chi connectivity index (χ4n) is 9.83. The summed E-state index contributed by atoms with van der Waals surface area (Å²) in [5, 5.41) is 62.5. The second kappa shape index (κ2) is 31.1. The Bertz CT molecular complexity index is 3130. The number of aromatic nitrogens is 3. The number of carbonyl (C=O) groups is 5. The maximum atomic E-state index is 11.5. The molecule has 26 heteroatoms. The second-order valence-corrected chi connectivity index (χ2v) is 20.3. The van der Waals surface area contributed by atoms with Crippen molar-refractivity contribution in [3.8, 4) is 6.07 Å². The van der Waals surface area contributed by atoms with Gasteiger partial charge >= 0.3 is 31.7 Å². The maximum absolute atomic E-state index is 11.5. The number of rotatable bonds is 10. The number of benzene rings is 3. The second-order valence-electron chi connectivity index (χ2n) is 19.2. The predicted octanol–water partition coefficient (Wildman–Crippen LogP) is 7.33. The first-order valence-electron chi connectivity index (χ1n) is 25.8. The Morgan fingerprint density at radius 2 is 1.05 bits per heavy atom. The molecule has 0 saturated carbocycles. The number of carbonyl (C=O) groups excluding carboxylic acids is 1. The van der Waals surface area contributed by atoms with Crippen molar-refractivity contribution in [2.75, 3.05) is 52.4 Å². The van der Waals surface area contributed by atoms with Crippen LogP contribution in [0.15, 0.2) is 85.3 Å². The summed E-state index contributed by atoms with van der Waals surface area (Å²) in [6.07, 6.45) is 14.5. The predicted molar refractivity (Wildman–Crippen MR) is 296 cm³/mol. The van der Waals surface area contributed by atoms with Crippen LogP contribution in [0.3, 0.4) is 0 Å². The van der Waals surface area contributed by atoms with Crippen molar-refractivity contribution in [3.63, 3.8) is 0 Å². The number of piperidine rings is 3. The van der Waals surface area contributed by atoms with Crippen LogP contribution in [0, 0.1) is 21.4 Å². The molecule has 3 aromatic carbocycles. The summed E-state index contributed by atoms with van der Waals surface area (Å²) in [6, 6.07) is 19.4. The Hall–Kier alpha value is -7.79. The Labute approximate surface area is 460 Å². The van der Waals surface area contributed by atoms with Crippen LogP contribution in [0.25, 0.3) is 32.7 Å². The van der Waals surface area contributed by atoms with Crippen LogP contribution < -0.4 is 5.48 Å². The molecule has 0 aliphatic carbocycles. The molecule has 0 spiro atoms. The number of nitro groups is 1. The van der Waals surface area contributed by atoms with E-state index in [1.54, 1.807) is 29.7 Å². The van der Waals surface area contributed by atoms with Crippen LogP contribution >= 0.6 is 7.82 Å². The van der Waals surface area contributed by atoms with Gasteiger partial charge in [-0.25, -0.2) is 29.2 Å². The van der Waals surface area contributed by atoms with E-state index in [9.17, 15) is 24.5 Å². The number of nitro benzene ring substituents is 1. The third-order valence-electron chi connectivity index (χ3n) is 14.0. The number of phosphoric acid groups is 1. The molecular weight excluding hydrogens is 1060 g/mol. The number of hydrogen-bond acceptors (Lipinski definition) is 13. The first-order valence-corrected chi connectivity index (χ1v) is 27.3. The van der Waals surface area contributed by atoms with Crippen molar-refractivity contribution < 1.29 is 73.8 Å². The number of nitrogens with zero attached hydrogens (tertiary/aromatic N) is 5. The molecule has 0 atom stereocenters. The smallest absolute Gasteiger partial charge is 0.466 e. The van der Waals surface area contributed by atoms with E-state index >= 15 is 0 Å². The summed E-state index contributed by atoms with van der Waals surface area (Å²) in [7, 11) is -4.64. The zero-order chi connectivity index (χ0) is 59.3. The average Bonchev–Trinajstić information content (AvgIpc) is 4.21. The van der Waals surface area contributed by atoms with Crippen molar-refractivity contribution in [3.05, 3.63) is 123 Å². The Morgan fingerprint density at radius 1 is 0.675 bits per heavy atom. The fraction of sp³-hybridized carbons (Fsp3) is 0.407. The van der Waals surface area contributed by atoms with Gasteiger partial charge in [0.05, 0.1) is 22.1 Å². The number of non-ortho nitro benzene ring substituents is 1. The minimum atomic E-state index is -4.64. The SMILES string of the molecule is CC(C)N1CCC(c2c[nH]c3cc([N+](=O)[O-])ccc23)CC1.CCN1CCC(c2c[nH]c3cc(C#N)ccc23)CC1.CCN1CCC(c2c[nH]c3cc(C(=O)NO)ccc23)CC1.O=C(O)/C=C\C(=O)O.O=C(O)C(=O)O.O=P(O)(O)O. The fourth-order valence-corrected chi connectivity index (χ4v) is 9.83. The summed E-state index contributed by atoms with van der Waals surface area (Å²) in [6.45, 7) is 18.2. The molecule has 6 heterocycles. The monoisotopic (exact) mass is 1130 g/mol. The number of aliphatic carboxylic acids is 4. The molecule has 3 aromatic heterocycles. The maximum Gasteiger partial charge on any atom is 0.466 e. The number of H-pyrrole nitrogens is 3. The van der Waals surface area contributed by atoms with Gasteiger partial charge in [-0.1, -0.05) is 26.0 Å². The van der Waals surface area contributed by atoms with E-state index in [4.69, 9.17) is 59.7 Å². The van der Waals surface area contributed by atoms with Gasteiger partial charge in [0.15, 0.2) is 0 Å². The van der Waals surface area contributed by atoms with Gasteiger partial charge in [0.25, 0.3) is 11.6 Å². The largest absolute Gasteiger partial charge is 0.478 e.